The fourth-order valence-corrected chi connectivity index (χ4v) is 2.82. The summed E-state index contributed by atoms with van der Waals surface area (Å²) in [5, 5.41) is 7.10. The van der Waals surface area contributed by atoms with Gasteiger partial charge >= 0.3 is 0 Å². The first-order valence-electron chi connectivity index (χ1n) is 9.11. The topological polar surface area (TPSA) is 84.2 Å². The molecule has 0 atom stereocenters. The summed E-state index contributed by atoms with van der Waals surface area (Å²) >= 11 is 0. The molecular formula is C22H19N5O2. The average molecular weight is 385 g/mol. The van der Waals surface area contributed by atoms with Gasteiger partial charge in [-0.2, -0.15) is 4.98 Å². The standard InChI is InChI=1S/C22H19N5O2/c1-27(21(28)18-11-13-23-14-12-18)19-9-7-16(8-10-19)15-24-22-25-20(29-26-22)17-5-3-2-4-6-17/h2-14H,15H2,1H3,(H,24,26). The molecule has 2 aromatic heterocycles. The Bertz CT molecular complexity index is 1080. The minimum absolute atomic E-state index is 0.0847. The molecule has 29 heavy (non-hydrogen) atoms. The van der Waals surface area contributed by atoms with Gasteiger partial charge in [0.25, 0.3) is 17.7 Å². The quantitative estimate of drug-likeness (QED) is 0.540. The lowest BCUT2D eigenvalue weighted by molar-refractivity contribution is 0.0993. The van der Waals surface area contributed by atoms with Gasteiger partial charge in [0.05, 0.1) is 0 Å². The Morgan fingerprint density at radius 1 is 1.00 bits per heavy atom. The number of hydrogen-bond acceptors (Lipinski definition) is 6. The van der Waals surface area contributed by atoms with Crippen molar-refractivity contribution in [3.8, 4) is 11.5 Å². The zero-order chi connectivity index (χ0) is 20.1. The molecule has 4 aromatic rings. The molecule has 2 heterocycles. The van der Waals surface area contributed by atoms with E-state index in [1.165, 1.54) is 0 Å². The van der Waals surface area contributed by atoms with Crippen LogP contribution in [0.4, 0.5) is 11.6 Å². The highest BCUT2D eigenvalue weighted by atomic mass is 16.5. The van der Waals surface area contributed by atoms with Gasteiger partial charge in [-0.1, -0.05) is 30.3 Å². The maximum Gasteiger partial charge on any atom is 0.264 e. The van der Waals surface area contributed by atoms with Crippen LogP contribution in [-0.2, 0) is 6.54 Å². The largest absolute Gasteiger partial charge is 0.347 e. The summed E-state index contributed by atoms with van der Waals surface area (Å²) in [6.07, 6.45) is 3.22. The summed E-state index contributed by atoms with van der Waals surface area (Å²) in [4.78, 5) is 22.4. The second kappa shape index (κ2) is 8.35. The number of hydrogen-bond donors (Lipinski definition) is 1. The van der Waals surface area contributed by atoms with Crippen molar-refractivity contribution in [2.45, 2.75) is 6.54 Å². The van der Waals surface area contributed by atoms with E-state index in [1.54, 1.807) is 36.5 Å². The van der Waals surface area contributed by atoms with Crippen molar-refractivity contribution in [3.05, 3.63) is 90.3 Å². The Kier molecular flexibility index (Phi) is 5.29. The molecule has 144 valence electrons. The summed E-state index contributed by atoms with van der Waals surface area (Å²) in [6.45, 7) is 0.538. The number of amides is 1. The number of rotatable bonds is 6. The molecule has 0 saturated heterocycles. The van der Waals surface area contributed by atoms with E-state index >= 15 is 0 Å². The van der Waals surface area contributed by atoms with Gasteiger partial charge in [-0.25, -0.2) is 0 Å². The van der Waals surface area contributed by atoms with Gasteiger partial charge in [-0.05, 0) is 47.1 Å². The first kappa shape index (κ1) is 18.4. The first-order valence-corrected chi connectivity index (χ1v) is 9.11. The molecule has 0 aliphatic carbocycles. The molecule has 0 fully saturated rings. The van der Waals surface area contributed by atoms with Crippen molar-refractivity contribution < 1.29 is 9.32 Å². The Balaban J connectivity index is 1.37. The molecule has 0 bridgehead atoms. The first-order chi connectivity index (χ1) is 14.2. The van der Waals surface area contributed by atoms with E-state index in [1.807, 2.05) is 54.6 Å². The van der Waals surface area contributed by atoms with Crippen LogP contribution in [-0.4, -0.2) is 28.1 Å². The summed E-state index contributed by atoms with van der Waals surface area (Å²) in [5.74, 6) is 0.816. The van der Waals surface area contributed by atoms with Crippen LogP contribution >= 0.6 is 0 Å². The van der Waals surface area contributed by atoms with Crippen molar-refractivity contribution in [3.63, 3.8) is 0 Å². The highest BCUT2D eigenvalue weighted by Crippen LogP contribution is 2.19. The number of carbonyl (C=O) groups is 1. The van der Waals surface area contributed by atoms with E-state index < -0.39 is 0 Å². The number of nitrogens with one attached hydrogen (secondary N) is 1. The molecular weight excluding hydrogens is 366 g/mol. The van der Waals surface area contributed by atoms with Crippen LogP contribution in [0.25, 0.3) is 11.5 Å². The molecule has 1 N–H and O–H groups in total. The third-order valence-corrected chi connectivity index (χ3v) is 4.45. The predicted octanol–water partition coefficient (Wildman–Crippen LogP) is 4.02. The fraction of sp³-hybridized carbons (Fsp3) is 0.0909. The van der Waals surface area contributed by atoms with Gasteiger partial charge < -0.3 is 14.7 Å². The van der Waals surface area contributed by atoms with Crippen LogP contribution in [0.15, 0.2) is 83.6 Å². The minimum atomic E-state index is -0.0847. The summed E-state index contributed by atoms with van der Waals surface area (Å²) in [6, 6.07) is 20.7. The van der Waals surface area contributed by atoms with Gasteiger partial charge in [-0.3, -0.25) is 9.78 Å². The van der Waals surface area contributed by atoms with Crippen molar-refractivity contribution in [1.82, 2.24) is 15.1 Å². The molecule has 0 aliphatic heterocycles. The van der Waals surface area contributed by atoms with Gasteiger partial charge in [0.2, 0.25) is 0 Å². The number of pyridine rings is 1. The lowest BCUT2D eigenvalue weighted by Gasteiger charge is -2.17. The van der Waals surface area contributed by atoms with Gasteiger partial charge in [-0.15, -0.1) is 0 Å². The van der Waals surface area contributed by atoms with E-state index in [9.17, 15) is 4.79 Å². The van der Waals surface area contributed by atoms with Crippen molar-refractivity contribution in [2.24, 2.45) is 0 Å². The highest BCUT2D eigenvalue weighted by molar-refractivity contribution is 6.05. The van der Waals surface area contributed by atoms with Crippen LogP contribution in [0.5, 0.6) is 0 Å². The zero-order valence-corrected chi connectivity index (χ0v) is 15.8. The molecule has 2 aromatic carbocycles. The van der Waals surface area contributed by atoms with Crippen molar-refractivity contribution in [2.75, 3.05) is 17.3 Å². The minimum Gasteiger partial charge on any atom is -0.347 e. The number of carbonyl (C=O) groups excluding carboxylic acids is 1. The van der Waals surface area contributed by atoms with Gasteiger partial charge in [0.15, 0.2) is 0 Å². The molecule has 1 amide bonds. The maximum absolute atomic E-state index is 12.5. The van der Waals surface area contributed by atoms with Gasteiger partial charge in [0.1, 0.15) is 0 Å². The average Bonchev–Trinajstić information content (AvgIpc) is 3.27. The highest BCUT2D eigenvalue weighted by Gasteiger charge is 2.13. The summed E-state index contributed by atoms with van der Waals surface area (Å²) < 4.78 is 5.29. The number of nitrogens with zero attached hydrogens (tertiary/aromatic N) is 4. The van der Waals surface area contributed by atoms with Crippen molar-refractivity contribution in [1.29, 1.82) is 0 Å². The SMILES string of the molecule is CN(C(=O)c1ccncc1)c1ccc(CNc2noc(-c3ccccc3)n2)cc1. The number of anilines is 2. The van der Waals surface area contributed by atoms with Gasteiger partial charge in [0, 0.05) is 42.8 Å². The lowest BCUT2D eigenvalue weighted by atomic mass is 10.1. The fourth-order valence-electron chi connectivity index (χ4n) is 2.82. The zero-order valence-electron chi connectivity index (χ0n) is 15.8. The Hall–Kier alpha value is -4.00. The second-order valence-corrected chi connectivity index (χ2v) is 6.41. The third-order valence-electron chi connectivity index (χ3n) is 4.45. The van der Waals surface area contributed by atoms with E-state index in [2.05, 4.69) is 20.4 Å². The molecule has 0 saturated carbocycles. The van der Waals surface area contributed by atoms with Crippen LogP contribution < -0.4 is 10.2 Å². The van der Waals surface area contributed by atoms with E-state index in [0.29, 0.717) is 23.9 Å². The number of benzene rings is 2. The van der Waals surface area contributed by atoms with Crippen molar-refractivity contribution >= 4 is 17.5 Å². The van der Waals surface area contributed by atoms with E-state index in [4.69, 9.17) is 4.52 Å². The molecule has 7 nitrogen and oxygen atoms in total. The maximum atomic E-state index is 12.5. The molecule has 0 spiro atoms. The Morgan fingerprint density at radius 3 is 2.45 bits per heavy atom. The Labute approximate surface area is 168 Å². The summed E-state index contributed by atoms with van der Waals surface area (Å²) in [7, 11) is 1.75. The summed E-state index contributed by atoms with van der Waals surface area (Å²) in [5.41, 5.74) is 3.31. The predicted molar refractivity (Wildman–Crippen MR) is 110 cm³/mol. The van der Waals surface area contributed by atoms with Crippen LogP contribution in [0.2, 0.25) is 0 Å². The Morgan fingerprint density at radius 2 is 1.72 bits per heavy atom. The lowest BCUT2D eigenvalue weighted by Crippen LogP contribution is -2.26. The molecule has 0 radical (unpaired) electrons. The molecule has 7 heteroatoms. The molecule has 4 rings (SSSR count). The van der Waals surface area contributed by atoms with Crippen LogP contribution in [0.3, 0.4) is 0 Å². The monoisotopic (exact) mass is 385 g/mol. The molecule has 0 unspecified atom stereocenters. The van der Waals surface area contributed by atoms with E-state index in [-0.39, 0.29) is 5.91 Å². The number of aromatic nitrogens is 3. The normalized spacial score (nSPS) is 10.5. The van der Waals surface area contributed by atoms with Crippen LogP contribution in [0.1, 0.15) is 15.9 Å². The van der Waals surface area contributed by atoms with E-state index in [0.717, 1.165) is 16.8 Å². The van der Waals surface area contributed by atoms with Crippen LogP contribution in [0, 0.1) is 0 Å². The second-order valence-electron chi connectivity index (χ2n) is 6.41. The smallest absolute Gasteiger partial charge is 0.264 e. The molecule has 0 aliphatic rings. The third kappa shape index (κ3) is 4.30.